The average Bonchev–Trinajstić information content (AvgIpc) is 3.07. The Balaban J connectivity index is 1.49. The second-order valence-electron chi connectivity index (χ2n) is 6.15. The van der Waals surface area contributed by atoms with E-state index in [4.69, 9.17) is 0 Å². The summed E-state index contributed by atoms with van der Waals surface area (Å²) in [6, 6.07) is 3.06. The summed E-state index contributed by atoms with van der Waals surface area (Å²) in [5.74, 6) is -0.0214. The van der Waals surface area contributed by atoms with Crippen LogP contribution in [0.3, 0.4) is 0 Å². The zero-order chi connectivity index (χ0) is 16.2. The number of likely N-dealkylation sites (N-methyl/N-ethyl adjacent to an activating group) is 1. The fraction of sp³-hybridized carbons (Fsp3) is 0.625. The molecule has 6 nitrogen and oxygen atoms in total. The number of hydrogen-bond donors (Lipinski definition) is 1. The Kier molecular flexibility index (Phi) is 5.07. The number of aromatic nitrogens is 1. The van der Waals surface area contributed by atoms with Gasteiger partial charge >= 0.3 is 6.03 Å². The van der Waals surface area contributed by atoms with E-state index in [1.165, 1.54) is 12.1 Å². The number of amides is 2. The Hall–Kier alpha value is -1.73. The van der Waals surface area contributed by atoms with Crippen LogP contribution in [0.2, 0.25) is 0 Å². The fourth-order valence-corrected chi connectivity index (χ4v) is 3.31. The van der Waals surface area contributed by atoms with Crippen LogP contribution >= 0.6 is 0 Å². The van der Waals surface area contributed by atoms with Crippen LogP contribution in [0.5, 0.6) is 0 Å². The summed E-state index contributed by atoms with van der Waals surface area (Å²) >= 11 is 0. The Morgan fingerprint density at radius 1 is 1.30 bits per heavy atom. The number of carbonyl (C=O) groups excluding carboxylic acids is 1. The Morgan fingerprint density at radius 3 is 2.74 bits per heavy atom. The van der Waals surface area contributed by atoms with Crippen molar-refractivity contribution in [3.05, 3.63) is 24.1 Å². The lowest BCUT2D eigenvalue weighted by Gasteiger charge is -2.37. The number of rotatable bonds is 3. The van der Waals surface area contributed by atoms with Crippen LogP contribution in [0.1, 0.15) is 13.3 Å². The molecule has 23 heavy (non-hydrogen) atoms. The normalized spacial score (nSPS) is 23.2. The summed E-state index contributed by atoms with van der Waals surface area (Å²) < 4.78 is 12.8. The van der Waals surface area contributed by atoms with Gasteiger partial charge < -0.3 is 9.80 Å². The number of hydrogen-bond acceptors (Lipinski definition) is 4. The molecule has 2 aliphatic heterocycles. The second-order valence-corrected chi connectivity index (χ2v) is 6.15. The monoisotopic (exact) mass is 321 g/mol. The van der Waals surface area contributed by atoms with E-state index in [9.17, 15) is 9.18 Å². The molecule has 1 N–H and O–H groups in total. The van der Waals surface area contributed by atoms with Gasteiger partial charge in [-0.1, -0.05) is 6.92 Å². The van der Waals surface area contributed by atoms with Gasteiger partial charge in [0.2, 0.25) is 0 Å². The van der Waals surface area contributed by atoms with Gasteiger partial charge in [-0.05, 0) is 25.1 Å². The van der Waals surface area contributed by atoms with Gasteiger partial charge in [0.15, 0.2) is 0 Å². The summed E-state index contributed by atoms with van der Waals surface area (Å²) in [5, 5.41) is 2.73. The number of nitrogens with zero attached hydrogens (tertiary/aromatic N) is 4. The highest BCUT2D eigenvalue weighted by molar-refractivity contribution is 5.88. The average molecular weight is 321 g/mol. The number of urea groups is 1. The number of halogens is 1. The van der Waals surface area contributed by atoms with E-state index in [0.717, 1.165) is 58.4 Å². The minimum Gasteiger partial charge on any atom is -0.323 e. The molecule has 0 unspecified atom stereocenters. The number of nitrogens with one attached hydrogen (secondary N) is 1. The van der Waals surface area contributed by atoms with Crippen molar-refractivity contribution >= 4 is 11.8 Å². The van der Waals surface area contributed by atoms with Crippen molar-refractivity contribution in [3.8, 4) is 0 Å². The molecule has 2 saturated heterocycles. The highest BCUT2D eigenvalue weighted by Gasteiger charge is 2.31. The van der Waals surface area contributed by atoms with Crippen LogP contribution in [-0.2, 0) is 0 Å². The van der Waals surface area contributed by atoms with Crippen LogP contribution in [0.4, 0.5) is 15.0 Å². The van der Waals surface area contributed by atoms with Gasteiger partial charge in [-0.2, -0.15) is 0 Å². The van der Waals surface area contributed by atoms with E-state index in [0.29, 0.717) is 11.9 Å². The molecular weight excluding hydrogens is 297 g/mol. The lowest BCUT2D eigenvalue weighted by Crippen LogP contribution is -2.51. The van der Waals surface area contributed by atoms with Crippen molar-refractivity contribution in [2.24, 2.45) is 0 Å². The topological polar surface area (TPSA) is 51.7 Å². The molecule has 1 aromatic heterocycles. The maximum absolute atomic E-state index is 12.8. The predicted molar refractivity (Wildman–Crippen MR) is 86.9 cm³/mol. The molecule has 126 valence electrons. The van der Waals surface area contributed by atoms with Gasteiger partial charge in [0.05, 0.1) is 6.20 Å². The molecule has 0 aliphatic carbocycles. The fourth-order valence-electron chi connectivity index (χ4n) is 3.31. The van der Waals surface area contributed by atoms with E-state index in [2.05, 4.69) is 27.0 Å². The Morgan fingerprint density at radius 2 is 2.09 bits per heavy atom. The first-order valence-electron chi connectivity index (χ1n) is 8.29. The molecule has 1 atom stereocenters. The molecule has 0 aromatic carbocycles. The van der Waals surface area contributed by atoms with Gasteiger partial charge in [-0.3, -0.25) is 10.2 Å². The number of likely N-dealkylation sites (tertiary alicyclic amines) is 1. The number of piperazine rings is 1. The van der Waals surface area contributed by atoms with Crippen LogP contribution < -0.4 is 5.32 Å². The largest absolute Gasteiger partial charge is 0.323 e. The molecule has 2 fully saturated rings. The lowest BCUT2D eigenvalue weighted by atomic mass is 10.2. The zero-order valence-electron chi connectivity index (χ0n) is 13.5. The van der Waals surface area contributed by atoms with E-state index >= 15 is 0 Å². The van der Waals surface area contributed by atoms with Crippen molar-refractivity contribution in [1.29, 1.82) is 0 Å². The minimum atomic E-state index is -0.407. The Labute approximate surface area is 136 Å². The molecule has 3 heterocycles. The van der Waals surface area contributed by atoms with Gasteiger partial charge in [0, 0.05) is 45.3 Å². The van der Waals surface area contributed by atoms with Crippen LogP contribution in [-0.4, -0.2) is 77.6 Å². The van der Waals surface area contributed by atoms with E-state index in [-0.39, 0.29) is 6.03 Å². The molecular formula is C16H24FN5O. The third kappa shape index (κ3) is 3.97. The van der Waals surface area contributed by atoms with Gasteiger partial charge in [-0.25, -0.2) is 14.2 Å². The summed E-state index contributed by atoms with van der Waals surface area (Å²) in [6.45, 7) is 9.18. The van der Waals surface area contributed by atoms with Crippen LogP contribution in [0.15, 0.2) is 18.3 Å². The van der Waals surface area contributed by atoms with Crippen LogP contribution in [0.25, 0.3) is 0 Å². The molecule has 1 aromatic rings. The molecule has 7 heteroatoms. The third-order valence-electron chi connectivity index (χ3n) is 4.78. The van der Waals surface area contributed by atoms with Gasteiger partial charge in [0.1, 0.15) is 11.6 Å². The molecule has 2 amide bonds. The van der Waals surface area contributed by atoms with Gasteiger partial charge in [0.25, 0.3) is 0 Å². The summed E-state index contributed by atoms with van der Waals surface area (Å²) in [6.07, 6.45) is 2.12. The number of anilines is 1. The molecule has 2 aliphatic rings. The molecule has 0 spiro atoms. The highest BCUT2D eigenvalue weighted by atomic mass is 19.1. The van der Waals surface area contributed by atoms with E-state index in [1.807, 2.05) is 4.90 Å². The molecule has 0 saturated carbocycles. The number of pyridine rings is 1. The quantitative estimate of drug-likeness (QED) is 0.916. The first-order chi connectivity index (χ1) is 11.2. The summed E-state index contributed by atoms with van der Waals surface area (Å²) in [4.78, 5) is 22.9. The van der Waals surface area contributed by atoms with Crippen molar-refractivity contribution in [1.82, 2.24) is 19.7 Å². The third-order valence-corrected chi connectivity index (χ3v) is 4.78. The van der Waals surface area contributed by atoms with E-state index < -0.39 is 5.82 Å². The summed E-state index contributed by atoms with van der Waals surface area (Å²) in [7, 11) is 0. The molecule has 3 rings (SSSR count). The molecule has 0 radical (unpaired) electrons. The van der Waals surface area contributed by atoms with Crippen LogP contribution in [0, 0.1) is 5.82 Å². The first kappa shape index (κ1) is 16.1. The summed E-state index contributed by atoms with van der Waals surface area (Å²) in [5.41, 5.74) is 0. The van der Waals surface area contributed by atoms with Crippen molar-refractivity contribution in [3.63, 3.8) is 0 Å². The maximum atomic E-state index is 12.8. The van der Waals surface area contributed by atoms with E-state index in [1.54, 1.807) is 0 Å². The highest BCUT2D eigenvalue weighted by Crippen LogP contribution is 2.18. The van der Waals surface area contributed by atoms with Crippen molar-refractivity contribution < 1.29 is 9.18 Å². The maximum Gasteiger partial charge on any atom is 0.323 e. The first-order valence-corrected chi connectivity index (χ1v) is 8.29. The van der Waals surface area contributed by atoms with Crippen molar-refractivity contribution in [2.45, 2.75) is 19.4 Å². The van der Waals surface area contributed by atoms with Crippen molar-refractivity contribution in [2.75, 3.05) is 51.1 Å². The molecule has 0 bridgehead atoms. The Bertz CT molecular complexity index is 530. The predicted octanol–water partition coefficient (Wildman–Crippen LogP) is 1.46. The second kappa shape index (κ2) is 7.23. The smallest absolute Gasteiger partial charge is 0.323 e. The SMILES string of the molecule is CCN1CCN([C@@H]2CCN(C(=O)Nc3ccc(F)cn3)C2)CC1. The standard InChI is InChI=1S/C16H24FN5O/c1-2-20-7-9-21(10-8-20)14-5-6-22(12-14)16(23)19-15-4-3-13(17)11-18-15/h3-4,11,14H,2,5-10,12H2,1H3,(H,18,19,23)/t14-/m1/s1. The minimum absolute atomic E-state index is 0.154. The van der Waals surface area contributed by atoms with Gasteiger partial charge in [-0.15, -0.1) is 0 Å². The number of carbonyl (C=O) groups is 1. The lowest BCUT2D eigenvalue weighted by molar-refractivity contribution is 0.103. The zero-order valence-corrected chi connectivity index (χ0v) is 13.5.